The van der Waals surface area contributed by atoms with Crippen molar-refractivity contribution < 1.29 is 13.2 Å². The van der Waals surface area contributed by atoms with Crippen molar-refractivity contribution in [3.63, 3.8) is 0 Å². The minimum atomic E-state index is -3.43. The molecule has 1 aliphatic heterocycles. The Hall–Kier alpha value is -0.210. The standard InChI is InChI=1S/C12H25N3O3S/c1-9-7-15(8-10(2)18-9)19(16,17)14-12-5-3-4-11(12)6-13/h9-12,14H,3-8,13H2,1-2H3. The fourth-order valence-corrected chi connectivity index (χ4v) is 4.72. The molecule has 1 heterocycles. The van der Waals surface area contributed by atoms with Gasteiger partial charge < -0.3 is 10.5 Å². The summed E-state index contributed by atoms with van der Waals surface area (Å²) in [6.07, 6.45) is 2.82. The van der Waals surface area contributed by atoms with Crippen LogP contribution in [-0.2, 0) is 14.9 Å². The highest BCUT2D eigenvalue weighted by Crippen LogP contribution is 2.26. The number of nitrogens with zero attached hydrogens (tertiary/aromatic N) is 1. The van der Waals surface area contributed by atoms with E-state index >= 15 is 0 Å². The van der Waals surface area contributed by atoms with Gasteiger partial charge in [-0.1, -0.05) is 6.42 Å². The van der Waals surface area contributed by atoms with Gasteiger partial charge in [0.25, 0.3) is 10.2 Å². The highest BCUT2D eigenvalue weighted by molar-refractivity contribution is 7.87. The first-order valence-corrected chi connectivity index (χ1v) is 8.49. The number of nitrogens with two attached hydrogens (primary N) is 1. The highest BCUT2D eigenvalue weighted by Gasteiger charge is 2.35. The van der Waals surface area contributed by atoms with Crippen LogP contribution in [0.15, 0.2) is 0 Å². The smallest absolute Gasteiger partial charge is 0.279 e. The number of nitrogens with one attached hydrogen (secondary N) is 1. The molecule has 2 aliphatic rings. The summed E-state index contributed by atoms with van der Waals surface area (Å²) in [6, 6.07) is -0.0107. The normalized spacial score (nSPS) is 37.6. The maximum absolute atomic E-state index is 12.4. The third-order valence-electron chi connectivity index (χ3n) is 3.99. The quantitative estimate of drug-likeness (QED) is 0.767. The lowest BCUT2D eigenvalue weighted by Crippen LogP contribution is -2.54. The summed E-state index contributed by atoms with van der Waals surface area (Å²) in [6.45, 7) is 5.18. The van der Waals surface area contributed by atoms with Crippen molar-refractivity contribution in [1.82, 2.24) is 9.03 Å². The van der Waals surface area contributed by atoms with E-state index in [-0.39, 0.29) is 24.2 Å². The molecule has 1 aliphatic carbocycles. The third kappa shape index (κ3) is 3.66. The van der Waals surface area contributed by atoms with E-state index < -0.39 is 10.2 Å². The first-order valence-electron chi connectivity index (χ1n) is 7.05. The van der Waals surface area contributed by atoms with Crippen molar-refractivity contribution in [2.24, 2.45) is 11.7 Å². The largest absolute Gasteiger partial charge is 0.373 e. The molecule has 4 atom stereocenters. The zero-order valence-corrected chi connectivity index (χ0v) is 12.5. The van der Waals surface area contributed by atoms with Crippen molar-refractivity contribution in [3.05, 3.63) is 0 Å². The maximum Gasteiger partial charge on any atom is 0.279 e. The Balaban J connectivity index is 2.01. The summed E-state index contributed by atoms with van der Waals surface area (Å²) in [5.41, 5.74) is 5.70. The molecule has 0 aromatic rings. The number of hydrogen-bond donors (Lipinski definition) is 2. The molecule has 3 N–H and O–H groups in total. The summed E-state index contributed by atoms with van der Waals surface area (Å²) >= 11 is 0. The first-order chi connectivity index (χ1) is 8.92. The third-order valence-corrected chi connectivity index (χ3v) is 5.57. The van der Waals surface area contributed by atoms with Crippen molar-refractivity contribution in [2.75, 3.05) is 19.6 Å². The summed E-state index contributed by atoms with van der Waals surface area (Å²) in [4.78, 5) is 0. The fourth-order valence-electron chi connectivity index (χ4n) is 3.07. The van der Waals surface area contributed by atoms with Crippen LogP contribution in [0.1, 0.15) is 33.1 Å². The van der Waals surface area contributed by atoms with E-state index in [0.717, 1.165) is 19.3 Å². The van der Waals surface area contributed by atoms with Crippen molar-refractivity contribution in [1.29, 1.82) is 0 Å². The van der Waals surface area contributed by atoms with Crippen LogP contribution >= 0.6 is 0 Å². The van der Waals surface area contributed by atoms with Gasteiger partial charge in [-0.2, -0.15) is 17.4 Å². The molecule has 0 amide bonds. The topological polar surface area (TPSA) is 84.7 Å². The maximum atomic E-state index is 12.4. The molecule has 0 bridgehead atoms. The van der Waals surface area contributed by atoms with E-state index in [1.807, 2.05) is 13.8 Å². The lowest BCUT2D eigenvalue weighted by atomic mass is 10.1. The summed E-state index contributed by atoms with van der Waals surface area (Å²) in [7, 11) is -3.43. The van der Waals surface area contributed by atoms with E-state index in [4.69, 9.17) is 10.5 Å². The van der Waals surface area contributed by atoms with Crippen molar-refractivity contribution in [3.8, 4) is 0 Å². The van der Waals surface area contributed by atoms with Gasteiger partial charge >= 0.3 is 0 Å². The van der Waals surface area contributed by atoms with E-state index in [1.165, 1.54) is 4.31 Å². The van der Waals surface area contributed by atoms with Crippen LogP contribution in [0.3, 0.4) is 0 Å². The molecule has 0 spiro atoms. The van der Waals surface area contributed by atoms with Crippen LogP contribution in [0.5, 0.6) is 0 Å². The molecular weight excluding hydrogens is 266 g/mol. The molecule has 112 valence electrons. The molecule has 0 aromatic heterocycles. The van der Waals surface area contributed by atoms with Crippen LogP contribution in [0.4, 0.5) is 0 Å². The average molecular weight is 291 g/mol. The van der Waals surface area contributed by atoms with E-state index in [9.17, 15) is 8.42 Å². The van der Waals surface area contributed by atoms with Crippen molar-refractivity contribution >= 4 is 10.2 Å². The van der Waals surface area contributed by atoms with Gasteiger partial charge in [0.05, 0.1) is 12.2 Å². The minimum Gasteiger partial charge on any atom is -0.373 e. The summed E-state index contributed by atoms with van der Waals surface area (Å²) in [5.74, 6) is 0.269. The average Bonchev–Trinajstić information content (AvgIpc) is 2.74. The predicted molar refractivity (Wildman–Crippen MR) is 73.8 cm³/mol. The minimum absolute atomic E-state index is 0.0107. The lowest BCUT2D eigenvalue weighted by Gasteiger charge is -2.35. The molecule has 7 heteroatoms. The second kappa shape index (κ2) is 6.05. The zero-order valence-electron chi connectivity index (χ0n) is 11.7. The SMILES string of the molecule is CC1CN(S(=O)(=O)NC2CCCC2CN)CC(C)O1. The van der Waals surface area contributed by atoms with E-state index in [0.29, 0.717) is 19.6 Å². The van der Waals surface area contributed by atoms with Crippen LogP contribution in [-0.4, -0.2) is 50.6 Å². The second-order valence-corrected chi connectivity index (χ2v) is 7.43. The Morgan fingerprint density at radius 2 is 1.89 bits per heavy atom. The van der Waals surface area contributed by atoms with Crippen LogP contribution in [0, 0.1) is 5.92 Å². The molecule has 6 nitrogen and oxygen atoms in total. The Kier molecular flexibility index (Phi) is 4.84. The Morgan fingerprint density at radius 3 is 2.47 bits per heavy atom. The molecule has 2 fully saturated rings. The number of ether oxygens (including phenoxy) is 1. The van der Waals surface area contributed by atoms with E-state index in [1.54, 1.807) is 0 Å². The Labute approximate surface area is 115 Å². The molecule has 0 radical (unpaired) electrons. The van der Waals surface area contributed by atoms with Gasteiger partial charge in [-0.25, -0.2) is 0 Å². The van der Waals surface area contributed by atoms with Gasteiger partial charge in [-0.05, 0) is 39.2 Å². The second-order valence-electron chi connectivity index (χ2n) is 5.73. The first kappa shape index (κ1) is 15.2. The fraction of sp³-hybridized carbons (Fsp3) is 1.00. The van der Waals surface area contributed by atoms with Gasteiger partial charge in [-0.15, -0.1) is 0 Å². The molecule has 19 heavy (non-hydrogen) atoms. The van der Waals surface area contributed by atoms with Crippen LogP contribution in [0.2, 0.25) is 0 Å². The number of morpholine rings is 1. The van der Waals surface area contributed by atoms with Crippen molar-refractivity contribution in [2.45, 2.75) is 51.4 Å². The van der Waals surface area contributed by atoms with Gasteiger partial charge in [0.15, 0.2) is 0 Å². The van der Waals surface area contributed by atoms with Gasteiger partial charge in [0.2, 0.25) is 0 Å². The Bertz CT molecular complexity index is 391. The number of rotatable bonds is 4. The van der Waals surface area contributed by atoms with E-state index in [2.05, 4.69) is 4.72 Å². The summed E-state index contributed by atoms with van der Waals surface area (Å²) < 4.78 is 34.7. The summed E-state index contributed by atoms with van der Waals surface area (Å²) in [5, 5.41) is 0. The van der Waals surface area contributed by atoms with Gasteiger partial charge in [0.1, 0.15) is 0 Å². The molecular formula is C12H25N3O3S. The molecule has 2 rings (SSSR count). The lowest BCUT2D eigenvalue weighted by molar-refractivity contribution is -0.0445. The molecule has 0 aromatic carbocycles. The molecule has 4 unspecified atom stereocenters. The Morgan fingerprint density at radius 1 is 1.26 bits per heavy atom. The monoisotopic (exact) mass is 291 g/mol. The van der Waals surface area contributed by atoms with Gasteiger partial charge in [0, 0.05) is 19.1 Å². The predicted octanol–water partition coefficient (Wildman–Crippen LogP) is 0.0574. The van der Waals surface area contributed by atoms with Crippen LogP contribution in [0.25, 0.3) is 0 Å². The molecule has 1 saturated heterocycles. The molecule has 1 saturated carbocycles. The van der Waals surface area contributed by atoms with Crippen LogP contribution < -0.4 is 10.5 Å². The number of hydrogen-bond acceptors (Lipinski definition) is 4. The van der Waals surface area contributed by atoms with Gasteiger partial charge in [-0.3, -0.25) is 0 Å². The highest BCUT2D eigenvalue weighted by atomic mass is 32.2. The zero-order chi connectivity index (χ0) is 14.0.